The fraction of sp³-hybridized carbons (Fsp3) is 0.364. The molecule has 0 bridgehead atoms. The number of sulfone groups is 1. The van der Waals surface area contributed by atoms with E-state index in [1.807, 2.05) is 0 Å². The van der Waals surface area contributed by atoms with Gasteiger partial charge in [-0.15, -0.1) is 0 Å². The molecule has 2 aromatic rings. The van der Waals surface area contributed by atoms with Crippen molar-refractivity contribution < 1.29 is 42.5 Å². The number of amides is 1. The SMILES string of the molecule is CC(C)(O)c1cc(CN(C(=O)C2Cc3cc(S(F)(F)(F)(F)F)ccc3O2)[C@@H]2C=CS(=O)(=O)C2)ccn1. The van der Waals surface area contributed by atoms with E-state index in [0.717, 1.165) is 11.5 Å². The minimum Gasteiger partial charge on any atom is -0.480 e. The van der Waals surface area contributed by atoms with Gasteiger partial charge >= 0.3 is 10.2 Å². The average Bonchev–Trinajstić information content (AvgIpc) is 3.31. The lowest BCUT2D eigenvalue weighted by molar-refractivity contribution is -0.139. The minimum atomic E-state index is -9.93. The summed E-state index contributed by atoms with van der Waals surface area (Å²) in [6.07, 6.45) is 0.984. The van der Waals surface area contributed by atoms with Crippen LogP contribution in [0.5, 0.6) is 5.75 Å². The van der Waals surface area contributed by atoms with E-state index in [0.29, 0.717) is 11.3 Å². The van der Waals surface area contributed by atoms with Crippen LogP contribution < -0.4 is 4.74 Å². The van der Waals surface area contributed by atoms with Gasteiger partial charge in [0.05, 0.1) is 17.5 Å². The zero-order valence-corrected chi connectivity index (χ0v) is 20.7. The zero-order chi connectivity index (χ0) is 26.8. The Morgan fingerprint density at radius 1 is 1.19 bits per heavy atom. The second-order valence-electron chi connectivity index (χ2n) is 9.35. The Balaban J connectivity index is 1.63. The molecule has 2 aliphatic heterocycles. The molecule has 198 valence electrons. The van der Waals surface area contributed by atoms with E-state index in [1.165, 1.54) is 31.0 Å². The Morgan fingerprint density at radius 3 is 2.47 bits per heavy atom. The highest BCUT2D eigenvalue weighted by atomic mass is 32.5. The van der Waals surface area contributed by atoms with Crippen molar-refractivity contribution in [2.45, 2.75) is 49.5 Å². The number of halogens is 5. The van der Waals surface area contributed by atoms with Crippen LogP contribution in [0.2, 0.25) is 0 Å². The molecule has 4 rings (SSSR count). The maximum absolute atomic E-state index is 13.5. The molecule has 0 saturated carbocycles. The van der Waals surface area contributed by atoms with Crippen molar-refractivity contribution in [2.24, 2.45) is 0 Å². The van der Waals surface area contributed by atoms with E-state index in [1.54, 1.807) is 12.1 Å². The second-order valence-corrected chi connectivity index (χ2v) is 13.7. The third-order valence-corrected chi connectivity index (χ3v) is 8.35. The molecule has 1 unspecified atom stereocenters. The summed E-state index contributed by atoms with van der Waals surface area (Å²) in [6, 6.07) is 3.46. The molecule has 14 heteroatoms. The first-order valence-corrected chi connectivity index (χ1v) is 14.3. The number of hydrogen-bond donors (Lipinski definition) is 1. The molecule has 7 nitrogen and oxygen atoms in total. The summed E-state index contributed by atoms with van der Waals surface area (Å²) in [6.45, 7) is 2.90. The third kappa shape index (κ3) is 5.65. The molecule has 2 atom stereocenters. The molecular weight excluding hydrogens is 531 g/mol. The van der Waals surface area contributed by atoms with E-state index in [9.17, 15) is 37.7 Å². The summed E-state index contributed by atoms with van der Waals surface area (Å²) < 4.78 is 95.7. The molecule has 1 N–H and O–H groups in total. The van der Waals surface area contributed by atoms with Crippen LogP contribution in [0.1, 0.15) is 30.7 Å². The molecule has 36 heavy (non-hydrogen) atoms. The van der Waals surface area contributed by atoms with E-state index < -0.39 is 60.8 Å². The predicted molar refractivity (Wildman–Crippen MR) is 123 cm³/mol. The van der Waals surface area contributed by atoms with Crippen molar-refractivity contribution in [3.63, 3.8) is 0 Å². The number of aromatic nitrogens is 1. The lowest BCUT2D eigenvalue weighted by Gasteiger charge is -2.40. The first-order chi connectivity index (χ1) is 16.2. The van der Waals surface area contributed by atoms with Crippen LogP contribution >= 0.6 is 10.2 Å². The molecular formula is C22H23F5N2O5S2. The average molecular weight is 555 g/mol. The van der Waals surface area contributed by atoms with Crippen molar-refractivity contribution in [1.82, 2.24) is 9.88 Å². The number of hydrogen-bond acceptors (Lipinski definition) is 6. The van der Waals surface area contributed by atoms with Gasteiger partial charge in [-0.1, -0.05) is 19.4 Å². The summed E-state index contributed by atoms with van der Waals surface area (Å²) in [4.78, 5) is 16.7. The van der Waals surface area contributed by atoms with Crippen LogP contribution in [-0.4, -0.2) is 47.2 Å². The van der Waals surface area contributed by atoms with Crippen LogP contribution in [0, 0.1) is 0 Å². The van der Waals surface area contributed by atoms with Crippen LogP contribution in [0.3, 0.4) is 0 Å². The second kappa shape index (κ2) is 7.65. The van der Waals surface area contributed by atoms with Gasteiger partial charge in [0.25, 0.3) is 5.91 Å². The number of ether oxygens (including phenoxy) is 1. The highest BCUT2D eigenvalue weighted by Gasteiger charge is 2.65. The van der Waals surface area contributed by atoms with Gasteiger partial charge in [-0.05, 0) is 61.4 Å². The van der Waals surface area contributed by atoms with E-state index in [4.69, 9.17) is 4.74 Å². The van der Waals surface area contributed by atoms with Crippen molar-refractivity contribution in [2.75, 3.05) is 5.75 Å². The summed E-state index contributed by atoms with van der Waals surface area (Å²) >= 11 is 0. The molecule has 0 spiro atoms. The molecule has 0 saturated heterocycles. The van der Waals surface area contributed by atoms with E-state index in [2.05, 4.69) is 4.98 Å². The lowest BCUT2D eigenvalue weighted by atomic mass is 10.0. The monoisotopic (exact) mass is 554 g/mol. The summed E-state index contributed by atoms with van der Waals surface area (Å²) in [5.41, 5.74) is -0.693. The lowest BCUT2D eigenvalue weighted by Crippen LogP contribution is -2.47. The maximum Gasteiger partial charge on any atom is 0.310 e. The molecule has 0 fully saturated rings. The van der Waals surface area contributed by atoms with E-state index >= 15 is 0 Å². The molecule has 1 aromatic heterocycles. The first-order valence-electron chi connectivity index (χ1n) is 10.6. The summed E-state index contributed by atoms with van der Waals surface area (Å²) in [7, 11) is -13.5. The topological polar surface area (TPSA) is 96.8 Å². The largest absolute Gasteiger partial charge is 0.480 e. The number of aliphatic hydroxyl groups is 1. The molecule has 1 aromatic carbocycles. The highest BCUT2D eigenvalue weighted by Crippen LogP contribution is 3.02. The van der Waals surface area contributed by atoms with E-state index in [-0.39, 0.29) is 30.0 Å². The molecule has 3 heterocycles. The normalized spacial score (nSPS) is 22.9. The number of carbonyl (C=O) groups is 1. The fourth-order valence-corrected chi connectivity index (χ4v) is 5.99. The van der Waals surface area contributed by atoms with Crippen molar-refractivity contribution >= 4 is 26.0 Å². The van der Waals surface area contributed by atoms with Gasteiger partial charge in [-0.2, -0.15) is 0 Å². The first kappa shape index (κ1) is 26.4. The Labute approximate surface area is 204 Å². The number of pyridine rings is 1. The molecule has 0 radical (unpaired) electrons. The van der Waals surface area contributed by atoms with Gasteiger partial charge in [-0.3, -0.25) is 9.78 Å². The Bertz CT molecular complexity index is 1370. The van der Waals surface area contributed by atoms with Crippen molar-refractivity contribution in [1.29, 1.82) is 0 Å². The number of nitrogens with zero attached hydrogens (tertiary/aromatic N) is 2. The van der Waals surface area contributed by atoms with Gasteiger partial charge in [0.15, 0.2) is 15.9 Å². The summed E-state index contributed by atoms with van der Waals surface area (Å²) in [5.74, 6) is -1.27. The van der Waals surface area contributed by atoms with Crippen molar-refractivity contribution in [3.8, 4) is 5.75 Å². The quantitative estimate of drug-likeness (QED) is 0.524. The van der Waals surface area contributed by atoms with Gasteiger partial charge < -0.3 is 14.7 Å². The van der Waals surface area contributed by atoms with Crippen LogP contribution in [-0.2, 0) is 33.2 Å². The molecule has 2 aliphatic rings. The fourth-order valence-electron chi connectivity index (χ4n) is 4.00. The number of fused-ring (bicyclic) bond motifs is 1. The molecule has 0 aliphatic carbocycles. The Morgan fingerprint density at radius 2 is 1.89 bits per heavy atom. The van der Waals surface area contributed by atoms with Gasteiger partial charge in [0, 0.05) is 24.6 Å². The number of rotatable bonds is 6. The van der Waals surface area contributed by atoms with Crippen LogP contribution in [0.15, 0.2) is 52.9 Å². The molecule has 1 amide bonds. The summed E-state index contributed by atoms with van der Waals surface area (Å²) in [5, 5.41) is 11.2. The Hall–Kier alpha value is -2.71. The van der Waals surface area contributed by atoms with Gasteiger partial charge in [0.1, 0.15) is 16.2 Å². The smallest absolute Gasteiger partial charge is 0.310 e. The van der Waals surface area contributed by atoms with Crippen molar-refractivity contribution in [3.05, 3.63) is 64.8 Å². The zero-order valence-electron chi connectivity index (χ0n) is 19.1. The number of carbonyl (C=O) groups excluding carboxylic acids is 1. The van der Waals surface area contributed by atoms with Gasteiger partial charge in [0.2, 0.25) is 0 Å². The van der Waals surface area contributed by atoms with Crippen LogP contribution in [0.4, 0.5) is 19.4 Å². The number of benzene rings is 1. The Kier molecular flexibility index (Phi) is 5.60. The van der Waals surface area contributed by atoms with Gasteiger partial charge in [-0.25, -0.2) is 8.42 Å². The standard InChI is InChI=1S/C22H23F5N2O5S2/c1-22(2,31)20-9-14(5-7-28-20)12-29(16-6-8-35(32,33)13-16)21(30)19-11-15-10-17(3-4-18(15)34-19)36(23,24,25,26)27/h3-10,16,19,31H,11-13H2,1-2H3/t16-,19?/m1/s1. The minimum absolute atomic E-state index is 0.123. The van der Waals surface area contributed by atoms with Crippen LogP contribution in [0.25, 0.3) is 0 Å². The maximum atomic E-state index is 13.5. The predicted octanol–water partition coefficient (Wildman–Crippen LogP) is 4.61. The third-order valence-electron chi connectivity index (χ3n) is 5.83. The highest BCUT2D eigenvalue weighted by molar-refractivity contribution is 8.45.